The zero-order valence-electron chi connectivity index (χ0n) is 18.2. The van der Waals surface area contributed by atoms with Crippen LogP contribution < -0.4 is 10.6 Å². The van der Waals surface area contributed by atoms with Gasteiger partial charge in [-0.1, -0.05) is 120 Å². The topological polar surface area (TPSA) is 41.1 Å². The third-order valence-corrected chi connectivity index (χ3v) is 6.04. The molecule has 0 unspecified atom stereocenters. The second-order valence-electron chi connectivity index (χ2n) is 7.92. The smallest absolute Gasteiger partial charge is 0.238 e. The largest absolute Gasteiger partial charge is 0.324 e. The van der Waals surface area contributed by atoms with Crippen molar-refractivity contribution < 1.29 is 4.79 Å². The van der Waals surface area contributed by atoms with E-state index < -0.39 is 0 Å². The van der Waals surface area contributed by atoms with E-state index in [1.807, 2.05) is 0 Å². The van der Waals surface area contributed by atoms with E-state index >= 15 is 0 Å². The maximum atomic E-state index is 11.9. The van der Waals surface area contributed by atoms with Crippen LogP contribution in [0.3, 0.4) is 0 Å². The Balaban J connectivity index is 1.85. The third-order valence-electron chi connectivity index (χ3n) is 5.22. The van der Waals surface area contributed by atoms with E-state index in [2.05, 4.69) is 17.6 Å². The number of nitrogens with one attached hydrogen (secondary N) is 2. The predicted molar refractivity (Wildman–Crippen MR) is 128 cm³/mol. The molecule has 1 rings (SSSR count). The van der Waals surface area contributed by atoms with Crippen molar-refractivity contribution in [3.63, 3.8) is 0 Å². The first-order chi connectivity index (χ1) is 14.1. The van der Waals surface area contributed by atoms with E-state index in [0.29, 0.717) is 22.3 Å². The number of hydrogen-bond donors (Lipinski definition) is 2. The van der Waals surface area contributed by atoms with Crippen LogP contribution in [0.25, 0.3) is 0 Å². The fourth-order valence-electron chi connectivity index (χ4n) is 3.44. The number of anilines is 1. The number of carbonyl (C=O) groups is 1. The lowest BCUT2D eigenvalue weighted by atomic mass is 10.0. The summed E-state index contributed by atoms with van der Waals surface area (Å²) in [4.78, 5) is 11.9. The molecule has 2 N–H and O–H groups in total. The molecule has 5 heteroatoms. The SMILES string of the molecule is CCCCCCCCCCCCCCCCNCC(=O)Nc1cccc(Cl)c1Cl. The van der Waals surface area contributed by atoms with Gasteiger partial charge in [-0.15, -0.1) is 0 Å². The van der Waals surface area contributed by atoms with Crippen LogP contribution in [0, 0.1) is 0 Å². The molecule has 0 saturated carbocycles. The van der Waals surface area contributed by atoms with Crippen molar-refractivity contribution in [2.75, 3.05) is 18.4 Å². The molecule has 29 heavy (non-hydrogen) atoms. The Bertz CT molecular complexity index is 552. The van der Waals surface area contributed by atoms with Crippen molar-refractivity contribution in [3.8, 4) is 0 Å². The molecule has 3 nitrogen and oxygen atoms in total. The molecule has 0 bridgehead atoms. The Morgan fingerprint density at radius 3 is 1.86 bits per heavy atom. The van der Waals surface area contributed by atoms with E-state index in [1.165, 1.54) is 83.5 Å². The summed E-state index contributed by atoms with van der Waals surface area (Å²) in [6.07, 6.45) is 19.0. The van der Waals surface area contributed by atoms with Crippen molar-refractivity contribution >= 4 is 34.8 Å². The molecule has 1 amide bonds. The van der Waals surface area contributed by atoms with Gasteiger partial charge in [0.05, 0.1) is 22.3 Å². The highest BCUT2D eigenvalue weighted by Crippen LogP contribution is 2.29. The summed E-state index contributed by atoms with van der Waals surface area (Å²) in [7, 11) is 0. The summed E-state index contributed by atoms with van der Waals surface area (Å²) < 4.78 is 0. The van der Waals surface area contributed by atoms with Crippen molar-refractivity contribution in [1.82, 2.24) is 5.32 Å². The van der Waals surface area contributed by atoms with E-state index in [9.17, 15) is 4.79 Å². The second kappa shape index (κ2) is 18.0. The Kier molecular flexibility index (Phi) is 16.3. The number of halogens is 2. The van der Waals surface area contributed by atoms with Gasteiger partial charge in [-0.2, -0.15) is 0 Å². The number of unbranched alkanes of at least 4 members (excludes halogenated alkanes) is 13. The molecule has 0 heterocycles. The Hall–Kier alpha value is -0.770. The average Bonchev–Trinajstić information content (AvgIpc) is 2.71. The van der Waals surface area contributed by atoms with Crippen LogP contribution in [0.5, 0.6) is 0 Å². The lowest BCUT2D eigenvalue weighted by molar-refractivity contribution is -0.115. The molecule has 0 saturated heterocycles. The minimum Gasteiger partial charge on any atom is -0.324 e. The number of carbonyl (C=O) groups excluding carboxylic acids is 1. The van der Waals surface area contributed by atoms with Crippen molar-refractivity contribution in [2.24, 2.45) is 0 Å². The average molecular weight is 444 g/mol. The fraction of sp³-hybridized carbons (Fsp3) is 0.708. The maximum Gasteiger partial charge on any atom is 0.238 e. The molecule has 1 aromatic rings. The van der Waals surface area contributed by atoms with Gasteiger partial charge in [0.25, 0.3) is 0 Å². The number of amides is 1. The molecule has 0 aliphatic carbocycles. The van der Waals surface area contributed by atoms with Crippen molar-refractivity contribution in [3.05, 3.63) is 28.2 Å². The number of hydrogen-bond acceptors (Lipinski definition) is 2. The van der Waals surface area contributed by atoms with Gasteiger partial charge in [0, 0.05) is 0 Å². The predicted octanol–water partition coefficient (Wildman–Crippen LogP) is 8.00. The van der Waals surface area contributed by atoms with Crippen LogP contribution in [0.1, 0.15) is 96.8 Å². The number of rotatable bonds is 18. The van der Waals surface area contributed by atoms with Crippen LogP contribution in [-0.2, 0) is 4.79 Å². The summed E-state index contributed by atoms with van der Waals surface area (Å²) >= 11 is 12.0. The summed E-state index contributed by atoms with van der Waals surface area (Å²) in [5.74, 6) is -0.0977. The van der Waals surface area contributed by atoms with Crippen molar-refractivity contribution in [2.45, 2.75) is 96.8 Å². The first kappa shape index (κ1) is 26.3. The number of benzene rings is 1. The van der Waals surface area contributed by atoms with Gasteiger partial charge >= 0.3 is 0 Å². The van der Waals surface area contributed by atoms with Crippen LogP contribution in [0.2, 0.25) is 10.0 Å². The van der Waals surface area contributed by atoms with Gasteiger partial charge in [0.2, 0.25) is 5.91 Å². The van der Waals surface area contributed by atoms with Crippen LogP contribution in [0.4, 0.5) is 5.69 Å². The fourth-order valence-corrected chi connectivity index (χ4v) is 3.79. The first-order valence-electron chi connectivity index (χ1n) is 11.6. The molecule has 0 fully saturated rings. The lowest BCUT2D eigenvalue weighted by Gasteiger charge is -2.09. The first-order valence-corrected chi connectivity index (χ1v) is 12.3. The maximum absolute atomic E-state index is 11.9. The molecular formula is C24H40Cl2N2O. The molecular weight excluding hydrogens is 403 g/mol. The van der Waals surface area contributed by atoms with Crippen molar-refractivity contribution in [1.29, 1.82) is 0 Å². The van der Waals surface area contributed by atoms with E-state index in [4.69, 9.17) is 23.2 Å². The van der Waals surface area contributed by atoms with E-state index in [0.717, 1.165) is 13.0 Å². The summed E-state index contributed by atoms with van der Waals surface area (Å²) in [5, 5.41) is 6.81. The minimum atomic E-state index is -0.0977. The van der Waals surface area contributed by atoms with Gasteiger partial charge in [-0.05, 0) is 25.1 Å². The molecule has 0 spiro atoms. The van der Waals surface area contributed by atoms with Crippen LogP contribution in [-0.4, -0.2) is 19.0 Å². The second-order valence-corrected chi connectivity index (χ2v) is 8.71. The molecule has 166 valence electrons. The Labute approximate surface area is 188 Å². The minimum absolute atomic E-state index is 0.0977. The van der Waals surface area contributed by atoms with Crippen LogP contribution in [0.15, 0.2) is 18.2 Å². The monoisotopic (exact) mass is 442 g/mol. The molecule has 1 aromatic carbocycles. The van der Waals surface area contributed by atoms with Gasteiger partial charge in [-0.3, -0.25) is 4.79 Å². The zero-order chi connectivity index (χ0) is 21.2. The van der Waals surface area contributed by atoms with Gasteiger partial charge in [-0.25, -0.2) is 0 Å². The molecule has 0 aromatic heterocycles. The Morgan fingerprint density at radius 2 is 1.31 bits per heavy atom. The van der Waals surface area contributed by atoms with Gasteiger partial charge < -0.3 is 10.6 Å². The summed E-state index contributed by atoms with van der Waals surface area (Å²) in [6, 6.07) is 5.22. The Morgan fingerprint density at radius 1 is 0.793 bits per heavy atom. The summed E-state index contributed by atoms with van der Waals surface area (Å²) in [6.45, 7) is 3.44. The zero-order valence-corrected chi connectivity index (χ0v) is 19.7. The van der Waals surface area contributed by atoms with E-state index in [1.54, 1.807) is 18.2 Å². The normalized spacial score (nSPS) is 11.0. The molecule has 0 aliphatic heterocycles. The highest BCUT2D eigenvalue weighted by molar-refractivity contribution is 6.43. The van der Waals surface area contributed by atoms with Crippen LogP contribution >= 0.6 is 23.2 Å². The highest BCUT2D eigenvalue weighted by Gasteiger charge is 2.07. The van der Waals surface area contributed by atoms with Gasteiger partial charge in [0.1, 0.15) is 0 Å². The standard InChI is InChI=1S/C24H40Cl2N2O/c1-2-3-4-5-6-7-8-9-10-11-12-13-14-15-19-27-20-23(29)28-22-18-16-17-21(25)24(22)26/h16-18,27H,2-15,19-20H2,1H3,(H,28,29). The third kappa shape index (κ3) is 14.0. The molecule has 0 aliphatic rings. The quantitative estimate of drug-likeness (QED) is 0.226. The molecule has 0 radical (unpaired) electrons. The molecule has 0 atom stereocenters. The van der Waals surface area contributed by atoms with E-state index in [-0.39, 0.29) is 5.91 Å². The lowest BCUT2D eigenvalue weighted by Crippen LogP contribution is -2.28. The van der Waals surface area contributed by atoms with Gasteiger partial charge in [0.15, 0.2) is 0 Å². The summed E-state index contributed by atoms with van der Waals surface area (Å²) in [5.41, 5.74) is 0.558. The highest BCUT2D eigenvalue weighted by atomic mass is 35.5.